The van der Waals surface area contributed by atoms with Crippen molar-refractivity contribution in [2.45, 2.75) is 38.8 Å². The van der Waals surface area contributed by atoms with Gasteiger partial charge in [-0.1, -0.05) is 18.2 Å². The number of rotatable bonds is 7. The molecule has 1 aliphatic rings. The van der Waals surface area contributed by atoms with Gasteiger partial charge in [-0.15, -0.1) is 0 Å². The Morgan fingerprint density at radius 3 is 2.50 bits per heavy atom. The molecule has 1 aliphatic heterocycles. The molecule has 2 atom stereocenters. The number of nitriles is 1. The number of carbonyl (C=O) groups excluding carboxylic acids is 3. The number of likely N-dealkylation sites (N-methyl/N-ethyl adjacent to an activating group) is 1. The molecule has 3 amide bonds. The van der Waals surface area contributed by atoms with Gasteiger partial charge in [0.1, 0.15) is 6.04 Å². The molecule has 3 N–H and O–H groups in total. The Bertz CT molecular complexity index is 929. The third kappa shape index (κ3) is 6.67. The highest BCUT2D eigenvalue weighted by molar-refractivity contribution is 6.11. The molecule has 0 saturated carbocycles. The van der Waals surface area contributed by atoms with Crippen molar-refractivity contribution in [2.24, 2.45) is 5.92 Å². The molecule has 1 heterocycles. The number of likely N-dealkylation sites (tertiary alicyclic amines) is 1. The van der Waals surface area contributed by atoms with E-state index in [2.05, 4.69) is 16.7 Å². The standard InChI is InChI=1S/C23H30N6O3/c1-23(2,3)26-13-17(11-24)22(32)28(4)15-20(30)29-14-16(10-19(29)12-25)21(31)27-18-8-6-5-7-9-18/h5-9,11,13,16,19,24,26H,10,14-15H2,1-4H3,(H,27,31)/b17-13+,24-11?. The molecule has 0 spiro atoms. The Morgan fingerprint density at radius 1 is 1.28 bits per heavy atom. The number of hydrogen-bond donors (Lipinski definition) is 3. The van der Waals surface area contributed by atoms with Crippen LogP contribution >= 0.6 is 0 Å². The van der Waals surface area contributed by atoms with Gasteiger partial charge in [-0.3, -0.25) is 14.4 Å². The van der Waals surface area contributed by atoms with Crippen molar-refractivity contribution < 1.29 is 14.4 Å². The Kier molecular flexibility index (Phi) is 8.13. The second kappa shape index (κ2) is 10.6. The summed E-state index contributed by atoms with van der Waals surface area (Å²) in [5.74, 6) is -1.68. The maximum absolute atomic E-state index is 12.8. The molecule has 2 rings (SSSR count). The zero-order chi connectivity index (χ0) is 23.9. The van der Waals surface area contributed by atoms with Gasteiger partial charge in [0.15, 0.2) is 0 Å². The first-order chi connectivity index (χ1) is 15.1. The van der Waals surface area contributed by atoms with E-state index in [1.165, 1.54) is 23.0 Å². The molecule has 0 bridgehead atoms. The maximum Gasteiger partial charge on any atom is 0.257 e. The van der Waals surface area contributed by atoms with Gasteiger partial charge in [-0.05, 0) is 39.3 Å². The van der Waals surface area contributed by atoms with Crippen LogP contribution in [0.5, 0.6) is 0 Å². The second-order valence-corrected chi connectivity index (χ2v) is 8.78. The molecule has 1 saturated heterocycles. The monoisotopic (exact) mass is 438 g/mol. The molecule has 32 heavy (non-hydrogen) atoms. The molecule has 1 aromatic carbocycles. The van der Waals surface area contributed by atoms with Gasteiger partial charge in [0.2, 0.25) is 11.8 Å². The van der Waals surface area contributed by atoms with Gasteiger partial charge in [0.25, 0.3) is 5.91 Å². The summed E-state index contributed by atoms with van der Waals surface area (Å²) in [7, 11) is 1.46. The number of hydrogen-bond acceptors (Lipinski definition) is 6. The lowest BCUT2D eigenvalue weighted by molar-refractivity contribution is -0.137. The predicted octanol–water partition coefficient (Wildman–Crippen LogP) is 1.75. The minimum absolute atomic E-state index is 0.105. The van der Waals surface area contributed by atoms with Crippen molar-refractivity contribution in [3.05, 3.63) is 42.1 Å². The second-order valence-electron chi connectivity index (χ2n) is 8.78. The van der Waals surface area contributed by atoms with Crippen LogP contribution in [-0.4, -0.2) is 65.5 Å². The van der Waals surface area contributed by atoms with E-state index in [-0.39, 0.29) is 36.5 Å². The highest BCUT2D eigenvalue weighted by Gasteiger charge is 2.39. The van der Waals surface area contributed by atoms with E-state index in [0.29, 0.717) is 5.69 Å². The van der Waals surface area contributed by atoms with Crippen molar-refractivity contribution in [3.63, 3.8) is 0 Å². The van der Waals surface area contributed by atoms with E-state index in [1.807, 2.05) is 26.8 Å². The summed E-state index contributed by atoms with van der Waals surface area (Å²) in [6.45, 7) is 5.61. The minimum Gasteiger partial charge on any atom is -0.386 e. The van der Waals surface area contributed by atoms with E-state index in [0.717, 1.165) is 6.21 Å². The lowest BCUT2D eigenvalue weighted by Gasteiger charge is -2.24. The molecule has 0 aromatic heterocycles. The molecule has 0 radical (unpaired) electrons. The molecule has 1 fully saturated rings. The quantitative estimate of drug-likeness (QED) is 0.441. The molecule has 9 heteroatoms. The molecular weight excluding hydrogens is 408 g/mol. The summed E-state index contributed by atoms with van der Waals surface area (Å²) in [5.41, 5.74) is 0.470. The fraction of sp³-hybridized carbons (Fsp3) is 0.435. The highest BCUT2D eigenvalue weighted by Crippen LogP contribution is 2.25. The first-order valence-electron chi connectivity index (χ1n) is 10.3. The van der Waals surface area contributed by atoms with Crippen LogP contribution in [0.15, 0.2) is 42.1 Å². The van der Waals surface area contributed by atoms with Crippen LogP contribution in [0.3, 0.4) is 0 Å². The number of amides is 3. The minimum atomic E-state index is -0.738. The zero-order valence-electron chi connectivity index (χ0n) is 18.9. The number of nitrogens with one attached hydrogen (secondary N) is 3. The summed E-state index contributed by atoms with van der Waals surface area (Å²) in [6, 6.07) is 10.3. The van der Waals surface area contributed by atoms with Crippen LogP contribution in [-0.2, 0) is 14.4 Å². The van der Waals surface area contributed by atoms with E-state index >= 15 is 0 Å². The van der Waals surface area contributed by atoms with Gasteiger partial charge in [0.05, 0.1) is 24.1 Å². The first kappa shape index (κ1) is 24.6. The average Bonchev–Trinajstić information content (AvgIpc) is 3.18. The molecule has 9 nitrogen and oxygen atoms in total. The largest absolute Gasteiger partial charge is 0.386 e. The Hall–Kier alpha value is -3.67. The van der Waals surface area contributed by atoms with E-state index in [4.69, 9.17) is 5.41 Å². The van der Waals surface area contributed by atoms with E-state index in [9.17, 15) is 19.6 Å². The Balaban J connectivity index is 2.01. The van der Waals surface area contributed by atoms with Crippen LogP contribution in [0.2, 0.25) is 0 Å². The average molecular weight is 439 g/mol. The number of anilines is 1. The lowest BCUT2D eigenvalue weighted by Crippen LogP contribution is -2.44. The van der Waals surface area contributed by atoms with Gasteiger partial charge in [-0.2, -0.15) is 5.26 Å². The van der Waals surface area contributed by atoms with Crippen LogP contribution in [0, 0.1) is 22.7 Å². The smallest absolute Gasteiger partial charge is 0.257 e. The van der Waals surface area contributed by atoms with Gasteiger partial charge in [-0.25, -0.2) is 0 Å². The number of carbonyl (C=O) groups is 3. The van der Waals surface area contributed by atoms with Crippen LogP contribution in [0.25, 0.3) is 0 Å². The Morgan fingerprint density at radius 2 is 1.94 bits per heavy atom. The molecule has 2 unspecified atom stereocenters. The van der Waals surface area contributed by atoms with Gasteiger partial charge >= 0.3 is 0 Å². The predicted molar refractivity (Wildman–Crippen MR) is 122 cm³/mol. The van der Waals surface area contributed by atoms with E-state index < -0.39 is 23.8 Å². The summed E-state index contributed by atoms with van der Waals surface area (Å²) in [4.78, 5) is 40.6. The SMILES string of the molecule is CN(CC(=O)N1CC(C(=O)Nc2ccccc2)CC1C#N)C(=O)/C(C=N)=C/NC(C)(C)C. The van der Waals surface area contributed by atoms with Gasteiger partial charge < -0.3 is 25.8 Å². The molecule has 0 aliphatic carbocycles. The van der Waals surface area contributed by atoms with Crippen LogP contribution in [0.1, 0.15) is 27.2 Å². The fourth-order valence-electron chi connectivity index (χ4n) is 3.24. The van der Waals surface area contributed by atoms with Crippen molar-refractivity contribution in [2.75, 3.05) is 25.5 Å². The van der Waals surface area contributed by atoms with E-state index in [1.54, 1.807) is 24.3 Å². The number of benzene rings is 1. The topological polar surface area (TPSA) is 129 Å². The van der Waals surface area contributed by atoms with Crippen LogP contribution < -0.4 is 10.6 Å². The first-order valence-corrected chi connectivity index (χ1v) is 10.3. The maximum atomic E-state index is 12.8. The summed E-state index contributed by atoms with van der Waals surface area (Å²) in [5, 5.41) is 22.8. The van der Waals surface area contributed by atoms with Crippen LogP contribution in [0.4, 0.5) is 5.69 Å². The van der Waals surface area contributed by atoms with Gasteiger partial charge in [0, 0.05) is 37.2 Å². The normalized spacial score (nSPS) is 18.5. The summed E-state index contributed by atoms with van der Waals surface area (Å²) in [6.07, 6.45) is 2.62. The molecule has 170 valence electrons. The number of nitrogens with zero attached hydrogens (tertiary/aromatic N) is 3. The van der Waals surface area contributed by atoms with Crippen molar-refractivity contribution in [3.8, 4) is 6.07 Å². The third-order valence-electron chi connectivity index (χ3n) is 4.96. The Labute approximate surface area is 188 Å². The molecule has 1 aromatic rings. The third-order valence-corrected chi connectivity index (χ3v) is 4.96. The molecular formula is C23H30N6O3. The highest BCUT2D eigenvalue weighted by atomic mass is 16.2. The number of para-hydroxylation sites is 1. The van der Waals surface area contributed by atoms with Crippen molar-refractivity contribution in [1.82, 2.24) is 15.1 Å². The van der Waals surface area contributed by atoms with Crippen molar-refractivity contribution in [1.29, 1.82) is 10.7 Å². The summed E-state index contributed by atoms with van der Waals surface area (Å²) < 4.78 is 0. The summed E-state index contributed by atoms with van der Waals surface area (Å²) >= 11 is 0. The fourth-order valence-corrected chi connectivity index (χ4v) is 3.24. The zero-order valence-corrected chi connectivity index (χ0v) is 18.9. The lowest BCUT2D eigenvalue weighted by atomic mass is 10.1. The van der Waals surface area contributed by atoms with Crippen molar-refractivity contribution >= 4 is 29.6 Å².